The number of nitrogens with one attached hydrogen (secondary N) is 1. The molecule has 1 amide bonds. The SMILES string of the molecule is Cc1ccc(NC(=O)c2ccccc2)c(C(=O)CCCCC(=O)O)c1. The van der Waals surface area contributed by atoms with Gasteiger partial charge < -0.3 is 10.4 Å². The first-order valence-electron chi connectivity index (χ1n) is 8.19. The third-order valence-corrected chi connectivity index (χ3v) is 3.80. The summed E-state index contributed by atoms with van der Waals surface area (Å²) in [6.07, 6.45) is 1.27. The molecular weight excluding hydrogens is 318 g/mol. The highest BCUT2D eigenvalue weighted by molar-refractivity contribution is 6.09. The van der Waals surface area contributed by atoms with Crippen molar-refractivity contribution in [2.24, 2.45) is 0 Å². The summed E-state index contributed by atoms with van der Waals surface area (Å²) in [5.41, 5.74) is 2.37. The van der Waals surface area contributed by atoms with Crippen LogP contribution in [0.5, 0.6) is 0 Å². The highest BCUT2D eigenvalue weighted by Gasteiger charge is 2.14. The minimum Gasteiger partial charge on any atom is -0.481 e. The lowest BCUT2D eigenvalue weighted by molar-refractivity contribution is -0.137. The van der Waals surface area contributed by atoms with Crippen LogP contribution in [0.4, 0.5) is 5.69 Å². The molecule has 25 heavy (non-hydrogen) atoms. The van der Waals surface area contributed by atoms with Gasteiger partial charge in [-0.25, -0.2) is 0 Å². The van der Waals surface area contributed by atoms with Crippen LogP contribution in [0.3, 0.4) is 0 Å². The maximum Gasteiger partial charge on any atom is 0.303 e. The van der Waals surface area contributed by atoms with Crippen molar-refractivity contribution >= 4 is 23.3 Å². The Bertz CT molecular complexity index is 769. The minimum absolute atomic E-state index is 0.0543. The van der Waals surface area contributed by atoms with Crippen LogP contribution in [0.15, 0.2) is 48.5 Å². The molecule has 2 rings (SSSR count). The van der Waals surface area contributed by atoms with E-state index in [-0.39, 0.29) is 24.5 Å². The number of hydrogen-bond donors (Lipinski definition) is 2. The largest absolute Gasteiger partial charge is 0.481 e. The Morgan fingerprint density at radius 3 is 2.32 bits per heavy atom. The van der Waals surface area contributed by atoms with Crippen LogP contribution >= 0.6 is 0 Å². The van der Waals surface area contributed by atoms with Crippen LogP contribution in [-0.2, 0) is 4.79 Å². The highest BCUT2D eigenvalue weighted by Crippen LogP contribution is 2.21. The Morgan fingerprint density at radius 1 is 0.960 bits per heavy atom. The number of rotatable bonds is 8. The molecule has 2 aromatic rings. The third kappa shape index (κ3) is 5.57. The quantitative estimate of drug-likeness (QED) is 0.561. The monoisotopic (exact) mass is 339 g/mol. The van der Waals surface area contributed by atoms with Gasteiger partial charge in [0.1, 0.15) is 0 Å². The number of carbonyl (C=O) groups is 3. The topological polar surface area (TPSA) is 83.5 Å². The van der Waals surface area contributed by atoms with Gasteiger partial charge in [0.05, 0.1) is 5.69 Å². The molecule has 0 saturated heterocycles. The van der Waals surface area contributed by atoms with Gasteiger partial charge in [-0.15, -0.1) is 0 Å². The molecule has 0 aliphatic carbocycles. The average molecular weight is 339 g/mol. The number of aryl methyl sites for hydroxylation is 1. The molecule has 0 aliphatic rings. The summed E-state index contributed by atoms with van der Waals surface area (Å²) in [7, 11) is 0. The van der Waals surface area contributed by atoms with Crippen molar-refractivity contribution in [1.29, 1.82) is 0 Å². The third-order valence-electron chi connectivity index (χ3n) is 3.80. The Morgan fingerprint density at radius 2 is 1.64 bits per heavy atom. The van der Waals surface area contributed by atoms with Crippen molar-refractivity contribution in [3.05, 3.63) is 65.2 Å². The summed E-state index contributed by atoms with van der Waals surface area (Å²) in [6.45, 7) is 1.88. The number of unbranched alkanes of at least 4 members (excludes halogenated alkanes) is 1. The number of carbonyl (C=O) groups excluding carboxylic acids is 2. The smallest absolute Gasteiger partial charge is 0.303 e. The first kappa shape index (κ1) is 18.4. The van der Waals surface area contributed by atoms with Crippen molar-refractivity contribution in [1.82, 2.24) is 0 Å². The molecule has 5 heteroatoms. The van der Waals surface area contributed by atoms with E-state index in [4.69, 9.17) is 5.11 Å². The highest BCUT2D eigenvalue weighted by atomic mass is 16.4. The van der Waals surface area contributed by atoms with E-state index in [0.717, 1.165) is 5.56 Å². The predicted molar refractivity (Wildman–Crippen MR) is 96.0 cm³/mol. The second-order valence-electron chi connectivity index (χ2n) is 5.89. The van der Waals surface area contributed by atoms with E-state index in [1.54, 1.807) is 36.4 Å². The van der Waals surface area contributed by atoms with Crippen LogP contribution in [0.2, 0.25) is 0 Å². The molecule has 130 valence electrons. The molecule has 0 fully saturated rings. The number of Topliss-reactive ketones (excluding diaryl/α,β-unsaturated/α-hetero) is 1. The van der Waals surface area contributed by atoms with Gasteiger partial charge >= 0.3 is 5.97 Å². The molecule has 0 atom stereocenters. The summed E-state index contributed by atoms with van der Waals surface area (Å²) >= 11 is 0. The molecule has 2 N–H and O–H groups in total. The summed E-state index contributed by atoms with van der Waals surface area (Å²) < 4.78 is 0. The van der Waals surface area contributed by atoms with Crippen molar-refractivity contribution in [3.63, 3.8) is 0 Å². The summed E-state index contributed by atoms with van der Waals surface area (Å²) in [5, 5.41) is 11.4. The predicted octanol–water partition coefficient (Wildman–Crippen LogP) is 4.08. The molecule has 0 spiro atoms. The lowest BCUT2D eigenvalue weighted by atomic mass is 10.0. The van der Waals surface area contributed by atoms with Gasteiger partial charge in [-0.3, -0.25) is 14.4 Å². The van der Waals surface area contributed by atoms with Crippen LogP contribution in [0, 0.1) is 6.92 Å². The zero-order chi connectivity index (χ0) is 18.2. The molecule has 0 heterocycles. The fourth-order valence-electron chi connectivity index (χ4n) is 2.48. The first-order chi connectivity index (χ1) is 12.0. The van der Waals surface area contributed by atoms with Gasteiger partial charge in [-0.05, 0) is 44.0 Å². The Balaban J connectivity index is 2.10. The molecule has 0 aromatic heterocycles. The van der Waals surface area contributed by atoms with E-state index >= 15 is 0 Å². The Kier molecular flexibility index (Phi) is 6.46. The summed E-state index contributed by atoms with van der Waals surface area (Å²) in [5.74, 6) is -1.24. The number of carboxylic acids is 1. The van der Waals surface area contributed by atoms with E-state index in [1.807, 2.05) is 19.1 Å². The van der Waals surface area contributed by atoms with Gasteiger partial charge in [-0.2, -0.15) is 0 Å². The van der Waals surface area contributed by atoms with Gasteiger partial charge in [0.2, 0.25) is 0 Å². The Hall–Kier alpha value is -2.95. The zero-order valence-electron chi connectivity index (χ0n) is 14.1. The van der Waals surface area contributed by atoms with Gasteiger partial charge in [-0.1, -0.05) is 29.8 Å². The lowest BCUT2D eigenvalue weighted by Gasteiger charge is -2.11. The minimum atomic E-state index is -0.862. The van der Waals surface area contributed by atoms with E-state index in [1.165, 1.54) is 0 Å². The van der Waals surface area contributed by atoms with Crippen LogP contribution < -0.4 is 5.32 Å². The fraction of sp³-hybridized carbons (Fsp3) is 0.250. The lowest BCUT2D eigenvalue weighted by Crippen LogP contribution is -2.15. The second-order valence-corrected chi connectivity index (χ2v) is 5.89. The van der Waals surface area contributed by atoms with Gasteiger partial charge in [0.25, 0.3) is 5.91 Å². The maximum atomic E-state index is 12.5. The second kappa shape index (κ2) is 8.78. The van der Waals surface area contributed by atoms with Crippen LogP contribution in [0.1, 0.15) is 52.0 Å². The number of carboxylic acid groups (broad SMARTS) is 1. The van der Waals surface area contributed by atoms with Crippen LogP contribution in [0.25, 0.3) is 0 Å². The number of benzene rings is 2. The molecule has 5 nitrogen and oxygen atoms in total. The van der Waals surface area contributed by atoms with E-state index in [9.17, 15) is 14.4 Å². The number of anilines is 1. The normalized spacial score (nSPS) is 10.3. The molecule has 2 aromatic carbocycles. The number of hydrogen-bond acceptors (Lipinski definition) is 3. The average Bonchev–Trinajstić information content (AvgIpc) is 2.60. The summed E-state index contributed by atoms with van der Waals surface area (Å²) in [6, 6.07) is 14.1. The van der Waals surface area contributed by atoms with E-state index in [2.05, 4.69) is 5.32 Å². The first-order valence-corrected chi connectivity index (χ1v) is 8.19. The van der Waals surface area contributed by atoms with Crippen molar-refractivity contribution in [2.45, 2.75) is 32.6 Å². The van der Waals surface area contributed by atoms with Crippen LogP contribution in [-0.4, -0.2) is 22.8 Å². The molecule has 0 radical (unpaired) electrons. The number of aliphatic carboxylic acids is 1. The number of ketones is 1. The van der Waals surface area contributed by atoms with Gasteiger partial charge in [0, 0.05) is 24.0 Å². The van der Waals surface area contributed by atoms with Crippen molar-refractivity contribution < 1.29 is 19.5 Å². The molecular formula is C20H21NO4. The van der Waals surface area contributed by atoms with E-state index < -0.39 is 5.97 Å². The Labute approximate surface area is 146 Å². The molecule has 0 saturated carbocycles. The molecule has 0 aliphatic heterocycles. The summed E-state index contributed by atoms with van der Waals surface area (Å²) in [4.78, 5) is 35.3. The van der Waals surface area contributed by atoms with Gasteiger partial charge in [0.15, 0.2) is 5.78 Å². The standard InChI is InChI=1S/C20H21NO4/c1-14-11-12-17(21-20(25)15-7-3-2-4-8-15)16(13-14)18(22)9-5-6-10-19(23)24/h2-4,7-8,11-13H,5-6,9-10H2,1H3,(H,21,25)(H,23,24). The van der Waals surface area contributed by atoms with E-state index in [0.29, 0.717) is 29.7 Å². The zero-order valence-corrected chi connectivity index (χ0v) is 14.1. The van der Waals surface area contributed by atoms with Crippen molar-refractivity contribution in [2.75, 3.05) is 5.32 Å². The molecule has 0 bridgehead atoms. The fourth-order valence-corrected chi connectivity index (χ4v) is 2.48. The number of amides is 1. The maximum absolute atomic E-state index is 12.5. The molecule has 0 unspecified atom stereocenters. The van der Waals surface area contributed by atoms with Crippen molar-refractivity contribution in [3.8, 4) is 0 Å².